The van der Waals surface area contributed by atoms with Crippen LogP contribution in [0.1, 0.15) is 37.7 Å². The van der Waals surface area contributed by atoms with Crippen LogP contribution in [-0.2, 0) is 6.54 Å². The quantitative estimate of drug-likeness (QED) is 0.875. The summed E-state index contributed by atoms with van der Waals surface area (Å²) in [4.78, 5) is 12.1. The van der Waals surface area contributed by atoms with E-state index in [9.17, 15) is 4.79 Å². The van der Waals surface area contributed by atoms with Crippen LogP contribution in [0.4, 0.5) is 0 Å². The van der Waals surface area contributed by atoms with Gasteiger partial charge in [-0.2, -0.15) is 0 Å². The van der Waals surface area contributed by atoms with E-state index in [1.165, 1.54) is 0 Å². The van der Waals surface area contributed by atoms with Gasteiger partial charge in [-0.3, -0.25) is 4.79 Å². The number of nitrogens with zero attached hydrogens (tertiary/aromatic N) is 1. The molecule has 1 amide bonds. The maximum atomic E-state index is 12.1. The van der Waals surface area contributed by atoms with Gasteiger partial charge in [0, 0.05) is 29.3 Å². The summed E-state index contributed by atoms with van der Waals surface area (Å²) in [5.74, 6) is -0.0837. The number of hydrogen-bond acceptors (Lipinski definition) is 2. The number of nitrogens with two attached hydrogens (primary N) is 1. The summed E-state index contributed by atoms with van der Waals surface area (Å²) >= 11 is 3.39. The molecule has 1 aromatic heterocycles. The van der Waals surface area contributed by atoms with E-state index in [0.29, 0.717) is 12.2 Å². The van der Waals surface area contributed by atoms with Crippen molar-refractivity contribution in [3.05, 3.63) is 22.4 Å². The summed E-state index contributed by atoms with van der Waals surface area (Å²) in [6.45, 7) is 7.14. The number of aryl methyl sites for hydroxylation is 1. The van der Waals surface area contributed by atoms with Crippen molar-refractivity contribution in [2.75, 3.05) is 6.54 Å². The van der Waals surface area contributed by atoms with Gasteiger partial charge >= 0.3 is 0 Å². The van der Waals surface area contributed by atoms with E-state index in [1.54, 1.807) is 0 Å². The molecule has 4 nitrogen and oxygen atoms in total. The molecule has 3 N–H and O–H groups in total. The Morgan fingerprint density at radius 2 is 2.24 bits per heavy atom. The minimum atomic E-state index is -0.384. The molecule has 1 heterocycles. The van der Waals surface area contributed by atoms with Crippen LogP contribution in [-0.4, -0.2) is 22.6 Å². The van der Waals surface area contributed by atoms with E-state index < -0.39 is 0 Å². The number of hydrogen-bond donors (Lipinski definition) is 2. The minimum absolute atomic E-state index is 0.0837. The van der Waals surface area contributed by atoms with Crippen molar-refractivity contribution in [3.8, 4) is 0 Å². The van der Waals surface area contributed by atoms with Gasteiger partial charge in [-0.15, -0.1) is 0 Å². The van der Waals surface area contributed by atoms with Crippen molar-refractivity contribution in [1.82, 2.24) is 9.88 Å². The van der Waals surface area contributed by atoms with Crippen LogP contribution in [0.25, 0.3) is 0 Å². The van der Waals surface area contributed by atoms with Crippen molar-refractivity contribution < 1.29 is 4.79 Å². The third-order valence-corrected chi connectivity index (χ3v) is 2.96. The number of nitrogens with one attached hydrogen (secondary N) is 1. The van der Waals surface area contributed by atoms with Gasteiger partial charge in [0.2, 0.25) is 0 Å². The molecule has 0 radical (unpaired) electrons. The summed E-state index contributed by atoms with van der Waals surface area (Å²) in [7, 11) is 0. The average Bonchev–Trinajstić information content (AvgIpc) is 2.60. The van der Waals surface area contributed by atoms with Gasteiger partial charge in [0.1, 0.15) is 5.69 Å². The second kappa shape index (κ2) is 5.69. The van der Waals surface area contributed by atoms with Crippen LogP contribution in [0.2, 0.25) is 0 Å². The standard InChI is InChI=1S/C12H20BrN3O/c1-4-5-16-7-9(13)6-10(16)11(17)15-12(2,3)8-14/h6-7H,4-5,8,14H2,1-3H3,(H,15,17). The maximum Gasteiger partial charge on any atom is 0.268 e. The number of carbonyl (C=O) groups excluding carboxylic acids is 1. The molecule has 0 atom stereocenters. The first-order valence-corrected chi connectivity index (χ1v) is 6.57. The Hall–Kier alpha value is -0.810. The van der Waals surface area contributed by atoms with E-state index >= 15 is 0 Å². The van der Waals surface area contributed by atoms with Gasteiger partial charge in [-0.1, -0.05) is 6.92 Å². The summed E-state index contributed by atoms with van der Waals surface area (Å²) in [6, 6.07) is 1.83. The molecule has 0 aromatic carbocycles. The molecule has 0 bridgehead atoms. The smallest absolute Gasteiger partial charge is 0.268 e. The molecule has 0 aliphatic carbocycles. The number of rotatable bonds is 5. The third-order valence-electron chi connectivity index (χ3n) is 2.52. The van der Waals surface area contributed by atoms with Crippen LogP contribution in [0.5, 0.6) is 0 Å². The first kappa shape index (κ1) is 14.3. The Balaban J connectivity index is 2.88. The molecular weight excluding hydrogens is 282 g/mol. The van der Waals surface area contributed by atoms with Crippen LogP contribution < -0.4 is 11.1 Å². The molecule has 1 rings (SSSR count). The van der Waals surface area contributed by atoms with Crippen molar-refractivity contribution in [2.24, 2.45) is 5.73 Å². The Morgan fingerprint density at radius 1 is 1.59 bits per heavy atom. The lowest BCUT2D eigenvalue weighted by atomic mass is 10.1. The molecule has 96 valence electrons. The predicted molar refractivity (Wildman–Crippen MR) is 73.0 cm³/mol. The lowest BCUT2D eigenvalue weighted by molar-refractivity contribution is 0.0906. The molecule has 5 heteroatoms. The lowest BCUT2D eigenvalue weighted by Gasteiger charge is -2.24. The number of aromatic nitrogens is 1. The van der Waals surface area contributed by atoms with Gasteiger partial charge in [-0.25, -0.2) is 0 Å². The van der Waals surface area contributed by atoms with Gasteiger partial charge < -0.3 is 15.6 Å². The predicted octanol–water partition coefficient (Wildman–Crippen LogP) is 2.13. The van der Waals surface area contributed by atoms with E-state index in [-0.39, 0.29) is 11.4 Å². The molecule has 17 heavy (non-hydrogen) atoms. The summed E-state index contributed by atoms with van der Waals surface area (Å²) in [6.07, 6.45) is 2.91. The molecular formula is C12H20BrN3O. The Morgan fingerprint density at radius 3 is 2.76 bits per heavy atom. The normalized spacial score (nSPS) is 11.6. The highest BCUT2D eigenvalue weighted by molar-refractivity contribution is 9.10. The van der Waals surface area contributed by atoms with Gasteiger partial charge in [0.05, 0.1) is 0 Å². The molecule has 0 spiro atoms. The summed E-state index contributed by atoms with van der Waals surface area (Å²) in [5, 5.41) is 2.93. The minimum Gasteiger partial charge on any atom is -0.345 e. The number of halogens is 1. The second-order valence-corrected chi connectivity index (χ2v) is 5.69. The molecule has 0 unspecified atom stereocenters. The topological polar surface area (TPSA) is 60.0 Å². The molecule has 0 saturated heterocycles. The van der Waals surface area contributed by atoms with E-state index in [4.69, 9.17) is 5.73 Å². The van der Waals surface area contributed by atoms with Crippen LogP contribution in [0.3, 0.4) is 0 Å². The molecule has 0 aliphatic heterocycles. The molecule has 0 saturated carbocycles. The van der Waals surface area contributed by atoms with Crippen molar-refractivity contribution in [1.29, 1.82) is 0 Å². The van der Waals surface area contributed by atoms with Gasteiger partial charge in [0.15, 0.2) is 0 Å². The molecule has 0 fully saturated rings. The average molecular weight is 302 g/mol. The fraction of sp³-hybridized carbons (Fsp3) is 0.583. The van der Waals surface area contributed by atoms with E-state index in [1.807, 2.05) is 30.7 Å². The highest BCUT2D eigenvalue weighted by atomic mass is 79.9. The SMILES string of the molecule is CCCn1cc(Br)cc1C(=O)NC(C)(C)CN. The molecule has 0 aliphatic rings. The van der Waals surface area contributed by atoms with Crippen molar-refractivity contribution in [2.45, 2.75) is 39.3 Å². The van der Waals surface area contributed by atoms with Gasteiger partial charge in [0.25, 0.3) is 5.91 Å². The van der Waals surface area contributed by atoms with Gasteiger partial charge in [-0.05, 0) is 42.3 Å². The van der Waals surface area contributed by atoms with Crippen molar-refractivity contribution in [3.63, 3.8) is 0 Å². The van der Waals surface area contributed by atoms with Crippen molar-refractivity contribution >= 4 is 21.8 Å². The summed E-state index contributed by atoms with van der Waals surface area (Å²) in [5.41, 5.74) is 5.89. The fourth-order valence-electron chi connectivity index (χ4n) is 1.51. The lowest BCUT2D eigenvalue weighted by Crippen LogP contribution is -2.49. The summed E-state index contributed by atoms with van der Waals surface area (Å²) < 4.78 is 2.87. The number of amides is 1. The van der Waals surface area contributed by atoms with E-state index in [2.05, 4.69) is 28.2 Å². The first-order chi connectivity index (χ1) is 7.89. The zero-order valence-electron chi connectivity index (χ0n) is 10.6. The van der Waals surface area contributed by atoms with E-state index in [0.717, 1.165) is 17.4 Å². The maximum absolute atomic E-state index is 12.1. The monoisotopic (exact) mass is 301 g/mol. The zero-order chi connectivity index (χ0) is 13.1. The van der Waals surface area contributed by atoms with Crippen LogP contribution >= 0.6 is 15.9 Å². The highest BCUT2D eigenvalue weighted by Crippen LogP contribution is 2.16. The zero-order valence-corrected chi connectivity index (χ0v) is 12.2. The Labute approximate surface area is 111 Å². The largest absolute Gasteiger partial charge is 0.345 e. The highest BCUT2D eigenvalue weighted by Gasteiger charge is 2.21. The van der Waals surface area contributed by atoms with Crippen LogP contribution in [0.15, 0.2) is 16.7 Å². The van der Waals surface area contributed by atoms with Crippen LogP contribution in [0, 0.1) is 0 Å². The Kier molecular flexibility index (Phi) is 4.77. The third kappa shape index (κ3) is 3.85. The number of carbonyl (C=O) groups is 1. The Bertz CT molecular complexity index is 398. The first-order valence-electron chi connectivity index (χ1n) is 5.78. The molecule has 1 aromatic rings. The second-order valence-electron chi connectivity index (χ2n) is 4.78. The fourth-order valence-corrected chi connectivity index (χ4v) is 1.98.